The van der Waals surface area contributed by atoms with Crippen LogP contribution in [0.5, 0.6) is 0 Å². The lowest BCUT2D eigenvalue weighted by molar-refractivity contribution is -0.153. The van der Waals surface area contributed by atoms with Gasteiger partial charge in [0.1, 0.15) is 0 Å². The van der Waals surface area contributed by atoms with E-state index in [2.05, 4.69) is 11.8 Å². The number of aliphatic carboxylic acids is 1. The SMILES string of the molecule is CCC1(C(=O)O)CCCN(C2CCOC2C)C1. The minimum atomic E-state index is -0.628. The first-order chi connectivity index (χ1) is 8.09. The summed E-state index contributed by atoms with van der Waals surface area (Å²) >= 11 is 0. The third-order valence-electron chi connectivity index (χ3n) is 4.54. The van der Waals surface area contributed by atoms with Crippen molar-refractivity contribution >= 4 is 5.97 Å². The predicted octanol–water partition coefficient (Wildman–Crippen LogP) is 1.74. The van der Waals surface area contributed by atoms with Gasteiger partial charge in [0.25, 0.3) is 0 Å². The van der Waals surface area contributed by atoms with Gasteiger partial charge in [-0.2, -0.15) is 0 Å². The first-order valence-corrected chi connectivity index (χ1v) is 6.68. The summed E-state index contributed by atoms with van der Waals surface area (Å²) in [4.78, 5) is 13.8. The zero-order chi connectivity index (χ0) is 12.5. The van der Waals surface area contributed by atoms with Gasteiger partial charge in [-0.3, -0.25) is 9.69 Å². The van der Waals surface area contributed by atoms with Crippen molar-refractivity contribution in [3.05, 3.63) is 0 Å². The van der Waals surface area contributed by atoms with E-state index in [4.69, 9.17) is 4.74 Å². The fourth-order valence-corrected chi connectivity index (χ4v) is 3.26. The van der Waals surface area contributed by atoms with E-state index < -0.39 is 11.4 Å². The number of likely N-dealkylation sites (tertiary alicyclic amines) is 1. The second-order valence-electron chi connectivity index (χ2n) is 5.44. The highest BCUT2D eigenvalue weighted by molar-refractivity contribution is 5.75. The van der Waals surface area contributed by atoms with E-state index in [1.807, 2.05) is 6.92 Å². The predicted molar refractivity (Wildman–Crippen MR) is 65.0 cm³/mol. The van der Waals surface area contributed by atoms with Crippen LogP contribution in [0, 0.1) is 5.41 Å². The van der Waals surface area contributed by atoms with Crippen molar-refractivity contribution in [1.29, 1.82) is 0 Å². The summed E-state index contributed by atoms with van der Waals surface area (Å²) in [7, 11) is 0. The zero-order valence-electron chi connectivity index (χ0n) is 10.8. The molecule has 3 unspecified atom stereocenters. The molecule has 0 bridgehead atoms. The average Bonchev–Trinajstić information content (AvgIpc) is 2.75. The minimum Gasteiger partial charge on any atom is -0.481 e. The van der Waals surface area contributed by atoms with Gasteiger partial charge in [-0.05, 0) is 39.2 Å². The summed E-state index contributed by atoms with van der Waals surface area (Å²) in [5, 5.41) is 9.46. The minimum absolute atomic E-state index is 0.247. The van der Waals surface area contributed by atoms with Crippen LogP contribution < -0.4 is 0 Å². The number of ether oxygens (including phenoxy) is 1. The highest BCUT2D eigenvalue weighted by Gasteiger charge is 2.44. The highest BCUT2D eigenvalue weighted by Crippen LogP contribution is 2.36. The van der Waals surface area contributed by atoms with Crippen molar-refractivity contribution in [2.45, 2.75) is 51.7 Å². The average molecular weight is 241 g/mol. The zero-order valence-corrected chi connectivity index (χ0v) is 10.8. The summed E-state index contributed by atoms with van der Waals surface area (Å²) in [6.45, 7) is 6.62. The third-order valence-corrected chi connectivity index (χ3v) is 4.54. The van der Waals surface area contributed by atoms with Gasteiger partial charge in [-0.15, -0.1) is 0 Å². The van der Waals surface area contributed by atoms with Crippen molar-refractivity contribution in [3.8, 4) is 0 Å². The Hall–Kier alpha value is -0.610. The van der Waals surface area contributed by atoms with E-state index in [1.165, 1.54) is 0 Å². The number of carboxylic acid groups (broad SMARTS) is 1. The molecule has 0 aromatic rings. The van der Waals surface area contributed by atoms with Gasteiger partial charge < -0.3 is 9.84 Å². The van der Waals surface area contributed by atoms with Crippen molar-refractivity contribution in [3.63, 3.8) is 0 Å². The lowest BCUT2D eigenvalue weighted by Gasteiger charge is -2.42. The molecule has 17 heavy (non-hydrogen) atoms. The summed E-state index contributed by atoms with van der Waals surface area (Å²) in [6.07, 6.45) is 3.82. The van der Waals surface area contributed by atoms with Gasteiger partial charge in [-0.1, -0.05) is 6.92 Å². The van der Waals surface area contributed by atoms with Gasteiger partial charge in [0.2, 0.25) is 0 Å². The van der Waals surface area contributed by atoms with E-state index in [0.717, 1.165) is 38.8 Å². The van der Waals surface area contributed by atoms with Gasteiger partial charge in [0, 0.05) is 19.2 Å². The number of hydrogen-bond acceptors (Lipinski definition) is 3. The molecule has 3 atom stereocenters. The van der Waals surface area contributed by atoms with Crippen LogP contribution in [0.4, 0.5) is 0 Å². The quantitative estimate of drug-likeness (QED) is 0.817. The fraction of sp³-hybridized carbons (Fsp3) is 0.923. The Labute approximate surface area is 103 Å². The van der Waals surface area contributed by atoms with Crippen molar-refractivity contribution in [1.82, 2.24) is 4.90 Å². The number of piperidine rings is 1. The molecule has 0 saturated carbocycles. The number of carboxylic acids is 1. The molecule has 1 N–H and O–H groups in total. The standard InChI is InChI=1S/C13H23NO3/c1-3-13(12(15)16)6-4-7-14(9-13)11-5-8-17-10(11)2/h10-11H,3-9H2,1-2H3,(H,15,16). The number of nitrogens with zero attached hydrogens (tertiary/aromatic N) is 1. The summed E-state index contributed by atoms with van der Waals surface area (Å²) in [6, 6.07) is 0.417. The molecule has 2 saturated heterocycles. The Morgan fingerprint density at radius 1 is 1.59 bits per heavy atom. The maximum Gasteiger partial charge on any atom is 0.310 e. The van der Waals surface area contributed by atoms with Crippen LogP contribution in [0.2, 0.25) is 0 Å². The molecule has 0 amide bonds. The van der Waals surface area contributed by atoms with Gasteiger partial charge in [-0.25, -0.2) is 0 Å². The molecule has 2 rings (SSSR count). The van der Waals surface area contributed by atoms with E-state index in [1.54, 1.807) is 0 Å². The second kappa shape index (κ2) is 4.94. The van der Waals surface area contributed by atoms with Crippen LogP contribution in [0.1, 0.15) is 39.5 Å². The van der Waals surface area contributed by atoms with Crippen LogP contribution in [-0.2, 0) is 9.53 Å². The van der Waals surface area contributed by atoms with Crippen LogP contribution in [0.15, 0.2) is 0 Å². The van der Waals surface area contributed by atoms with E-state index >= 15 is 0 Å². The molecule has 4 heteroatoms. The number of hydrogen-bond donors (Lipinski definition) is 1. The molecule has 0 aromatic heterocycles. The second-order valence-corrected chi connectivity index (χ2v) is 5.44. The Morgan fingerprint density at radius 2 is 2.35 bits per heavy atom. The molecule has 0 aliphatic carbocycles. The molecule has 0 aromatic carbocycles. The monoisotopic (exact) mass is 241 g/mol. The van der Waals surface area contributed by atoms with E-state index in [0.29, 0.717) is 12.6 Å². The molecule has 2 aliphatic heterocycles. The maximum atomic E-state index is 11.5. The molecule has 2 aliphatic rings. The Bertz CT molecular complexity index is 294. The molecule has 98 valence electrons. The van der Waals surface area contributed by atoms with Crippen LogP contribution >= 0.6 is 0 Å². The van der Waals surface area contributed by atoms with Gasteiger partial charge in [0.05, 0.1) is 11.5 Å². The van der Waals surface area contributed by atoms with E-state index in [9.17, 15) is 9.90 Å². The van der Waals surface area contributed by atoms with Crippen LogP contribution in [0.25, 0.3) is 0 Å². The lowest BCUT2D eigenvalue weighted by Crippen LogP contribution is -2.52. The fourth-order valence-electron chi connectivity index (χ4n) is 3.26. The Morgan fingerprint density at radius 3 is 2.88 bits per heavy atom. The van der Waals surface area contributed by atoms with Crippen molar-refractivity contribution < 1.29 is 14.6 Å². The third kappa shape index (κ3) is 2.33. The largest absolute Gasteiger partial charge is 0.481 e. The number of rotatable bonds is 3. The molecule has 4 nitrogen and oxygen atoms in total. The molecular weight excluding hydrogens is 218 g/mol. The van der Waals surface area contributed by atoms with Crippen molar-refractivity contribution in [2.75, 3.05) is 19.7 Å². The Kier molecular flexibility index (Phi) is 3.73. The maximum absolute atomic E-state index is 11.5. The topological polar surface area (TPSA) is 49.8 Å². The smallest absolute Gasteiger partial charge is 0.310 e. The Balaban J connectivity index is 2.08. The summed E-state index contributed by atoms with van der Waals surface area (Å²) in [5.41, 5.74) is -0.527. The molecule has 2 heterocycles. The van der Waals surface area contributed by atoms with Crippen LogP contribution in [-0.4, -0.2) is 47.8 Å². The summed E-state index contributed by atoms with van der Waals surface area (Å²) < 4.78 is 5.59. The highest BCUT2D eigenvalue weighted by atomic mass is 16.5. The lowest BCUT2D eigenvalue weighted by atomic mass is 9.77. The van der Waals surface area contributed by atoms with Gasteiger partial charge >= 0.3 is 5.97 Å². The van der Waals surface area contributed by atoms with E-state index in [-0.39, 0.29) is 6.10 Å². The summed E-state index contributed by atoms with van der Waals surface area (Å²) in [5.74, 6) is -0.628. The molecule has 0 spiro atoms. The molecular formula is C13H23NO3. The number of carbonyl (C=O) groups is 1. The first kappa shape index (κ1) is 12.8. The van der Waals surface area contributed by atoms with Gasteiger partial charge in [0.15, 0.2) is 0 Å². The van der Waals surface area contributed by atoms with Crippen LogP contribution in [0.3, 0.4) is 0 Å². The normalized spacial score (nSPS) is 39.4. The molecule has 0 radical (unpaired) electrons. The molecule has 2 fully saturated rings. The first-order valence-electron chi connectivity index (χ1n) is 6.68. The van der Waals surface area contributed by atoms with Crippen molar-refractivity contribution in [2.24, 2.45) is 5.41 Å².